The molecule has 260 valence electrons. The second-order valence-corrected chi connectivity index (χ2v) is 15.6. The number of fused-ring (bicyclic) bond motifs is 8. The Hall–Kier alpha value is -6.76. The third-order valence-corrected chi connectivity index (χ3v) is 12.0. The van der Waals surface area contributed by atoms with Gasteiger partial charge in [-0.15, -0.1) is 11.3 Å². The van der Waals surface area contributed by atoms with Crippen LogP contribution in [-0.4, -0.2) is 24.5 Å². The van der Waals surface area contributed by atoms with E-state index in [4.69, 9.17) is 19.9 Å². The minimum atomic E-state index is -0.151. The molecule has 1 aliphatic rings. The van der Waals surface area contributed by atoms with Crippen molar-refractivity contribution in [3.05, 3.63) is 174 Å². The van der Waals surface area contributed by atoms with Crippen LogP contribution in [0.5, 0.6) is 0 Å². The minimum absolute atomic E-state index is 0.151. The van der Waals surface area contributed by atoms with Gasteiger partial charge in [0.05, 0.1) is 26.8 Å². The Morgan fingerprint density at radius 2 is 1.11 bits per heavy atom. The summed E-state index contributed by atoms with van der Waals surface area (Å²) in [5.74, 6) is 1.93. The average molecular weight is 724 g/mol. The lowest BCUT2D eigenvalue weighted by atomic mass is 9.81. The molecule has 0 spiro atoms. The Morgan fingerprint density at radius 1 is 0.491 bits per heavy atom. The summed E-state index contributed by atoms with van der Waals surface area (Å²) < 4.78 is 3.60. The molecule has 0 radical (unpaired) electrons. The molecule has 0 saturated carbocycles. The van der Waals surface area contributed by atoms with Crippen LogP contribution >= 0.6 is 11.3 Å². The van der Waals surface area contributed by atoms with Gasteiger partial charge in [-0.2, -0.15) is 0 Å². The maximum atomic E-state index is 5.02. The van der Waals surface area contributed by atoms with Crippen molar-refractivity contribution in [2.75, 3.05) is 0 Å². The van der Waals surface area contributed by atoms with Crippen LogP contribution in [0.15, 0.2) is 163 Å². The monoisotopic (exact) mass is 723 g/mol. The Bertz CT molecular complexity index is 3070. The second kappa shape index (κ2) is 12.1. The number of hydrogen-bond donors (Lipinski definition) is 0. The van der Waals surface area contributed by atoms with Crippen LogP contribution in [0.25, 0.3) is 94.1 Å². The fraction of sp³-hybridized carbons (Fsp3) is 0.0612. The summed E-state index contributed by atoms with van der Waals surface area (Å²) in [4.78, 5) is 19.7. The number of rotatable bonds is 5. The molecule has 3 heterocycles. The van der Waals surface area contributed by atoms with E-state index >= 15 is 0 Å². The zero-order valence-electron chi connectivity index (χ0n) is 30.2. The summed E-state index contributed by atoms with van der Waals surface area (Å²) >= 11 is 1.71. The molecule has 0 unspecified atom stereocenters. The van der Waals surface area contributed by atoms with Crippen molar-refractivity contribution in [3.8, 4) is 62.1 Å². The first-order chi connectivity index (χ1) is 27.0. The van der Waals surface area contributed by atoms with Crippen LogP contribution < -0.4 is 0 Å². The predicted octanol–water partition coefficient (Wildman–Crippen LogP) is 12.6. The minimum Gasteiger partial charge on any atom is -0.309 e. The lowest BCUT2D eigenvalue weighted by molar-refractivity contribution is 0.665. The zero-order valence-corrected chi connectivity index (χ0v) is 31.0. The van der Waals surface area contributed by atoms with Crippen LogP contribution in [0, 0.1) is 0 Å². The highest BCUT2D eigenvalue weighted by molar-refractivity contribution is 7.16. The van der Waals surface area contributed by atoms with Crippen LogP contribution in [0.2, 0.25) is 0 Å². The van der Waals surface area contributed by atoms with E-state index in [2.05, 4.69) is 115 Å². The van der Waals surface area contributed by atoms with Crippen molar-refractivity contribution in [1.29, 1.82) is 0 Å². The summed E-state index contributed by atoms with van der Waals surface area (Å²) in [5, 5.41) is 2.42. The molecule has 0 saturated heterocycles. The molecular formula is C49H33N5S. The molecule has 7 aromatic carbocycles. The van der Waals surface area contributed by atoms with Crippen molar-refractivity contribution in [1.82, 2.24) is 24.5 Å². The molecule has 55 heavy (non-hydrogen) atoms. The molecule has 0 N–H and O–H groups in total. The smallest absolute Gasteiger partial charge is 0.164 e. The van der Waals surface area contributed by atoms with Gasteiger partial charge in [-0.3, -0.25) is 0 Å². The molecule has 0 bridgehead atoms. The third-order valence-electron chi connectivity index (χ3n) is 11.2. The summed E-state index contributed by atoms with van der Waals surface area (Å²) in [7, 11) is 0. The van der Waals surface area contributed by atoms with Gasteiger partial charge in [-0.1, -0.05) is 129 Å². The van der Waals surface area contributed by atoms with Gasteiger partial charge in [0.15, 0.2) is 17.5 Å². The largest absolute Gasteiger partial charge is 0.309 e. The molecule has 6 heteroatoms. The highest BCUT2D eigenvalue weighted by Gasteiger charge is 2.38. The Balaban J connectivity index is 1.03. The van der Waals surface area contributed by atoms with Crippen molar-refractivity contribution >= 4 is 43.4 Å². The van der Waals surface area contributed by atoms with E-state index in [1.165, 1.54) is 48.9 Å². The first kappa shape index (κ1) is 31.7. The fourth-order valence-electron chi connectivity index (χ4n) is 8.55. The van der Waals surface area contributed by atoms with E-state index in [9.17, 15) is 0 Å². The van der Waals surface area contributed by atoms with Gasteiger partial charge >= 0.3 is 0 Å². The number of thiazole rings is 1. The van der Waals surface area contributed by atoms with Crippen LogP contribution in [0.1, 0.15) is 25.0 Å². The lowest BCUT2D eigenvalue weighted by Gasteiger charge is -2.22. The van der Waals surface area contributed by atoms with E-state index < -0.39 is 0 Å². The standard InChI is InChI=1S/C49H33N5S/c1-49(2)40-28-33(20-22-36(40)38-23-25-43-45(44(38)49)50-29-55-43)32-21-24-42-39(27-32)37-18-9-10-19-41(37)54(42)35-17-11-16-34(26-35)48-52-46(30-12-5-3-6-13-30)51-47(53-48)31-14-7-4-8-15-31/h3-29H,1-2H3. The SMILES string of the molecule is CC1(C)c2cc(-c3ccc4c(c3)c3ccccc3n4-c3cccc(-c4nc(-c5ccccc5)nc(-c5ccccc5)n4)c3)ccc2-c2ccc3scnc3c21. The Labute approximate surface area is 322 Å². The molecule has 0 amide bonds. The lowest BCUT2D eigenvalue weighted by Crippen LogP contribution is -2.15. The second-order valence-electron chi connectivity index (χ2n) is 14.7. The van der Waals surface area contributed by atoms with Crippen LogP contribution in [0.4, 0.5) is 0 Å². The molecule has 5 nitrogen and oxygen atoms in total. The molecular weight excluding hydrogens is 691 g/mol. The van der Waals surface area contributed by atoms with E-state index in [-0.39, 0.29) is 5.41 Å². The molecule has 0 fully saturated rings. The van der Waals surface area contributed by atoms with E-state index in [0.29, 0.717) is 17.5 Å². The quantitative estimate of drug-likeness (QED) is 0.177. The maximum absolute atomic E-state index is 5.02. The third kappa shape index (κ3) is 4.99. The number of hydrogen-bond acceptors (Lipinski definition) is 5. The first-order valence-electron chi connectivity index (χ1n) is 18.5. The number of para-hydroxylation sites is 1. The van der Waals surface area contributed by atoms with Gasteiger partial charge < -0.3 is 4.57 Å². The van der Waals surface area contributed by atoms with E-state index in [1.807, 2.05) is 66.2 Å². The normalized spacial score (nSPS) is 13.1. The van der Waals surface area contributed by atoms with E-state index in [1.54, 1.807) is 11.3 Å². The van der Waals surface area contributed by atoms with Gasteiger partial charge in [-0.05, 0) is 75.8 Å². The predicted molar refractivity (Wildman–Crippen MR) is 227 cm³/mol. The van der Waals surface area contributed by atoms with Gasteiger partial charge in [0, 0.05) is 38.6 Å². The number of benzene rings is 7. The molecule has 10 aromatic rings. The van der Waals surface area contributed by atoms with Crippen LogP contribution in [-0.2, 0) is 5.41 Å². The first-order valence-corrected chi connectivity index (χ1v) is 19.4. The Morgan fingerprint density at radius 3 is 1.87 bits per heavy atom. The van der Waals surface area contributed by atoms with Crippen molar-refractivity contribution in [3.63, 3.8) is 0 Å². The number of aromatic nitrogens is 5. The average Bonchev–Trinajstić information content (AvgIpc) is 3.92. The van der Waals surface area contributed by atoms with Gasteiger partial charge in [0.25, 0.3) is 0 Å². The van der Waals surface area contributed by atoms with Crippen molar-refractivity contribution in [2.24, 2.45) is 0 Å². The highest BCUT2D eigenvalue weighted by Crippen LogP contribution is 2.52. The summed E-state index contributed by atoms with van der Waals surface area (Å²) in [5.41, 5.74) is 16.8. The van der Waals surface area contributed by atoms with E-state index in [0.717, 1.165) is 38.9 Å². The molecule has 0 atom stereocenters. The number of nitrogens with zero attached hydrogens (tertiary/aromatic N) is 5. The van der Waals surface area contributed by atoms with Gasteiger partial charge in [0.1, 0.15) is 0 Å². The topological polar surface area (TPSA) is 56.5 Å². The van der Waals surface area contributed by atoms with Gasteiger partial charge in [-0.25, -0.2) is 19.9 Å². The zero-order chi connectivity index (χ0) is 36.7. The highest BCUT2D eigenvalue weighted by atomic mass is 32.1. The molecule has 1 aliphatic carbocycles. The Kier molecular flexibility index (Phi) is 7.00. The summed E-state index contributed by atoms with van der Waals surface area (Å²) in [6.45, 7) is 4.68. The fourth-order valence-corrected chi connectivity index (χ4v) is 9.24. The summed E-state index contributed by atoms with van der Waals surface area (Å²) in [6, 6.07) is 55.8. The van der Waals surface area contributed by atoms with Crippen LogP contribution in [0.3, 0.4) is 0 Å². The molecule has 0 aliphatic heterocycles. The maximum Gasteiger partial charge on any atom is 0.164 e. The molecule has 3 aromatic heterocycles. The summed E-state index contributed by atoms with van der Waals surface area (Å²) in [6.07, 6.45) is 0. The van der Waals surface area contributed by atoms with Crippen molar-refractivity contribution in [2.45, 2.75) is 19.3 Å². The van der Waals surface area contributed by atoms with Gasteiger partial charge in [0.2, 0.25) is 0 Å². The molecule has 11 rings (SSSR count). The van der Waals surface area contributed by atoms with Crippen molar-refractivity contribution < 1.29 is 0 Å².